The molecule has 2 heterocycles. The molecule has 1 saturated heterocycles. The molecule has 0 aliphatic carbocycles. The third-order valence-corrected chi connectivity index (χ3v) is 6.73. The summed E-state index contributed by atoms with van der Waals surface area (Å²) in [5, 5.41) is 21.2. The predicted molar refractivity (Wildman–Crippen MR) is 131 cm³/mol. The van der Waals surface area contributed by atoms with Crippen LogP contribution in [-0.2, 0) is 4.79 Å². The van der Waals surface area contributed by atoms with Crippen molar-refractivity contribution in [2.45, 2.75) is 25.4 Å². The van der Waals surface area contributed by atoms with E-state index in [-0.39, 0.29) is 23.7 Å². The number of hydrogen-bond donors (Lipinski definition) is 2. The van der Waals surface area contributed by atoms with Gasteiger partial charge in [-0.1, -0.05) is 17.9 Å². The van der Waals surface area contributed by atoms with Crippen molar-refractivity contribution in [3.8, 4) is 17.6 Å². The minimum atomic E-state index is -1.10. The molecule has 4 rings (SSSR count). The van der Waals surface area contributed by atoms with Crippen LogP contribution in [0.1, 0.15) is 36.5 Å². The first kappa shape index (κ1) is 25.5. The van der Waals surface area contributed by atoms with E-state index in [9.17, 15) is 23.8 Å². The van der Waals surface area contributed by atoms with Crippen LogP contribution in [-0.4, -0.2) is 52.8 Å². The molecule has 1 aliphatic rings. The summed E-state index contributed by atoms with van der Waals surface area (Å²) in [6.07, 6.45) is 1.28. The van der Waals surface area contributed by atoms with E-state index < -0.39 is 23.8 Å². The quantitative estimate of drug-likeness (QED) is 0.474. The summed E-state index contributed by atoms with van der Waals surface area (Å²) >= 11 is 0. The van der Waals surface area contributed by atoms with Crippen LogP contribution in [0.3, 0.4) is 0 Å². The van der Waals surface area contributed by atoms with E-state index >= 15 is 0 Å². The van der Waals surface area contributed by atoms with Crippen LogP contribution in [0.2, 0.25) is 0 Å². The number of benzene rings is 2. The van der Waals surface area contributed by atoms with Gasteiger partial charge in [-0.25, -0.2) is 8.78 Å². The number of aromatic nitrogens is 1. The van der Waals surface area contributed by atoms with E-state index in [0.29, 0.717) is 54.7 Å². The summed E-state index contributed by atoms with van der Waals surface area (Å²) in [7, 11) is 1.51. The molecule has 0 saturated carbocycles. The first-order valence-corrected chi connectivity index (χ1v) is 11.9. The number of carbonyl (C=O) groups is 1. The zero-order valence-corrected chi connectivity index (χ0v) is 20.0. The predicted octanol–water partition coefficient (Wildman–Crippen LogP) is 4.41. The fraction of sp³-hybridized carbons (Fsp3) is 0.357. The van der Waals surface area contributed by atoms with Crippen LogP contribution in [0.4, 0.5) is 8.78 Å². The fourth-order valence-electron chi connectivity index (χ4n) is 4.81. The first-order valence-electron chi connectivity index (χ1n) is 11.9. The lowest BCUT2D eigenvalue weighted by Crippen LogP contribution is -2.44. The summed E-state index contributed by atoms with van der Waals surface area (Å²) in [5.74, 6) is 3.80. The molecule has 0 bridgehead atoms. The molecular weight excluding hydrogens is 466 g/mol. The second-order valence-electron chi connectivity index (χ2n) is 9.04. The maximum atomic E-state index is 14.7. The van der Waals surface area contributed by atoms with E-state index in [1.54, 1.807) is 30.3 Å². The van der Waals surface area contributed by atoms with Crippen molar-refractivity contribution < 1.29 is 28.5 Å². The van der Waals surface area contributed by atoms with E-state index in [4.69, 9.17) is 4.74 Å². The van der Waals surface area contributed by atoms with Gasteiger partial charge in [-0.3, -0.25) is 14.7 Å². The third-order valence-electron chi connectivity index (χ3n) is 6.73. The summed E-state index contributed by atoms with van der Waals surface area (Å²) in [4.78, 5) is 18.1. The van der Waals surface area contributed by atoms with Gasteiger partial charge in [0, 0.05) is 23.1 Å². The number of likely N-dealkylation sites (tertiary alicyclic amines) is 1. The molecule has 188 valence electrons. The van der Waals surface area contributed by atoms with Gasteiger partial charge < -0.3 is 14.9 Å². The Kier molecular flexibility index (Phi) is 8.14. The first-order chi connectivity index (χ1) is 17.4. The molecule has 36 heavy (non-hydrogen) atoms. The van der Waals surface area contributed by atoms with Crippen LogP contribution in [0.25, 0.3) is 10.9 Å². The lowest BCUT2D eigenvalue weighted by atomic mass is 9.81. The largest absolute Gasteiger partial charge is 0.497 e. The summed E-state index contributed by atoms with van der Waals surface area (Å²) in [6.45, 7) is 1.37. The molecular formula is C28H28F2N2O4. The van der Waals surface area contributed by atoms with Gasteiger partial charge in [-0.05, 0) is 68.1 Å². The molecule has 0 spiro atoms. The van der Waals surface area contributed by atoms with E-state index in [2.05, 4.69) is 16.8 Å². The van der Waals surface area contributed by atoms with E-state index in [0.717, 1.165) is 6.20 Å². The monoisotopic (exact) mass is 494 g/mol. The lowest BCUT2D eigenvalue weighted by Gasteiger charge is -2.36. The number of carboxylic acids is 1. The summed E-state index contributed by atoms with van der Waals surface area (Å²) in [6, 6.07) is 11.1. The second kappa shape index (κ2) is 11.5. The average molecular weight is 495 g/mol. The normalized spacial score (nSPS) is 18.9. The average Bonchev–Trinajstić information content (AvgIpc) is 2.87. The summed E-state index contributed by atoms with van der Waals surface area (Å²) < 4.78 is 33.2. The van der Waals surface area contributed by atoms with Crippen molar-refractivity contribution in [2.24, 2.45) is 11.8 Å². The van der Waals surface area contributed by atoms with Crippen LogP contribution < -0.4 is 4.74 Å². The molecule has 6 nitrogen and oxygen atoms in total. The molecule has 0 radical (unpaired) electrons. The Balaban J connectivity index is 1.41. The highest BCUT2D eigenvalue weighted by atomic mass is 19.1. The highest BCUT2D eigenvalue weighted by Gasteiger charge is 2.34. The zero-order chi connectivity index (χ0) is 25.7. The van der Waals surface area contributed by atoms with Crippen molar-refractivity contribution >= 4 is 16.9 Å². The maximum absolute atomic E-state index is 14.7. The van der Waals surface area contributed by atoms with Crippen molar-refractivity contribution in [3.63, 3.8) is 0 Å². The Labute approximate surface area is 208 Å². The Morgan fingerprint density at radius 3 is 2.86 bits per heavy atom. The minimum absolute atomic E-state index is 0.149. The van der Waals surface area contributed by atoms with Crippen LogP contribution >= 0.6 is 0 Å². The molecule has 3 aromatic rings. The minimum Gasteiger partial charge on any atom is -0.497 e. The zero-order valence-electron chi connectivity index (χ0n) is 20.0. The highest BCUT2D eigenvalue weighted by Crippen LogP contribution is 2.34. The number of pyridine rings is 1. The number of halogens is 2. The molecule has 8 heteroatoms. The molecule has 1 fully saturated rings. The van der Waals surface area contributed by atoms with Crippen molar-refractivity contribution in [3.05, 3.63) is 71.4 Å². The number of piperidine rings is 1. The van der Waals surface area contributed by atoms with Gasteiger partial charge >= 0.3 is 5.97 Å². The summed E-state index contributed by atoms with van der Waals surface area (Å²) in [5.41, 5.74) is 1.26. The number of aliphatic carboxylic acids is 1. The van der Waals surface area contributed by atoms with Gasteiger partial charge in [0.25, 0.3) is 0 Å². The maximum Gasteiger partial charge on any atom is 0.308 e. The van der Waals surface area contributed by atoms with Crippen molar-refractivity contribution in [1.29, 1.82) is 0 Å². The van der Waals surface area contributed by atoms with Gasteiger partial charge in [0.2, 0.25) is 0 Å². The highest BCUT2D eigenvalue weighted by molar-refractivity contribution is 5.84. The SMILES string of the molecule is COc1ccc2ncc(F)c([C@H](O)CCC3CCN(CC#Cc4cccc(F)c4)CC3C(=O)O)c2c1. The molecule has 2 aromatic carbocycles. The topological polar surface area (TPSA) is 82.9 Å². The molecule has 1 aliphatic heterocycles. The molecule has 1 aromatic heterocycles. The number of aliphatic hydroxyl groups is 1. The van der Waals surface area contributed by atoms with Crippen LogP contribution in [0, 0.1) is 35.3 Å². The van der Waals surface area contributed by atoms with Crippen molar-refractivity contribution in [2.75, 3.05) is 26.7 Å². The number of carboxylic acid groups (broad SMARTS) is 1. The van der Waals surface area contributed by atoms with Gasteiger partial charge in [0.15, 0.2) is 0 Å². The number of methoxy groups -OCH3 is 1. The van der Waals surface area contributed by atoms with Gasteiger partial charge in [0.05, 0.1) is 37.4 Å². The Hall–Kier alpha value is -3.54. The Morgan fingerprint density at radius 2 is 2.11 bits per heavy atom. The Bertz CT molecular complexity index is 1300. The Morgan fingerprint density at radius 1 is 1.28 bits per heavy atom. The van der Waals surface area contributed by atoms with Crippen LogP contribution in [0.15, 0.2) is 48.7 Å². The van der Waals surface area contributed by atoms with Gasteiger partial charge in [0.1, 0.15) is 17.4 Å². The van der Waals surface area contributed by atoms with E-state index in [1.807, 2.05) is 4.90 Å². The fourth-order valence-corrected chi connectivity index (χ4v) is 4.81. The molecule has 0 amide bonds. The number of ether oxygens (including phenoxy) is 1. The molecule has 3 atom stereocenters. The lowest BCUT2D eigenvalue weighted by molar-refractivity contribution is -0.146. The third kappa shape index (κ3) is 5.99. The number of nitrogens with zero attached hydrogens (tertiary/aromatic N) is 2. The number of hydrogen-bond acceptors (Lipinski definition) is 5. The molecule has 2 N–H and O–H groups in total. The number of rotatable bonds is 7. The second-order valence-corrected chi connectivity index (χ2v) is 9.04. The standard InChI is InChI=1S/C28H28F2N2O4/c1-36-21-8-9-25-22(15-21)27(24(30)16-31-25)26(33)10-7-19-11-13-32(17-23(19)28(34)35)12-3-5-18-4-2-6-20(29)14-18/h2,4,6,8-9,14-16,19,23,26,33H,7,10-13,17H2,1H3,(H,34,35)/t19?,23?,26-/m1/s1. The number of fused-ring (bicyclic) bond motifs is 1. The van der Waals surface area contributed by atoms with Crippen molar-refractivity contribution in [1.82, 2.24) is 9.88 Å². The van der Waals surface area contributed by atoms with Gasteiger partial charge in [-0.2, -0.15) is 0 Å². The smallest absolute Gasteiger partial charge is 0.308 e. The van der Waals surface area contributed by atoms with Crippen LogP contribution in [0.5, 0.6) is 5.75 Å². The molecule has 2 unspecified atom stereocenters. The number of aliphatic hydroxyl groups excluding tert-OH is 1. The van der Waals surface area contributed by atoms with E-state index in [1.165, 1.54) is 19.2 Å². The van der Waals surface area contributed by atoms with Gasteiger partial charge in [-0.15, -0.1) is 0 Å².